The fourth-order valence-electron chi connectivity index (χ4n) is 0.804. The van der Waals surface area contributed by atoms with Crippen molar-refractivity contribution in [3.63, 3.8) is 0 Å². The molecule has 0 aliphatic heterocycles. The quantitative estimate of drug-likeness (QED) is 0.254. The molecule has 2 rings (SSSR count). The molecule has 0 amide bonds. The lowest BCUT2D eigenvalue weighted by molar-refractivity contribution is 0.381. The van der Waals surface area contributed by atoms with Gasteiger partial charge in [-0.15, -0.1) is 0 Å². The molecule has 0 bridgehead atoms. The van der Waals surface area contributed by atoms with Crippen LogP contribution in [0.2, 0.25) is 15.1 Å². The normalized spacial score (nSPS) is 10.7. The SMILES string of the molecule is Clc1c2cc-2c(Cl)c1Cl.NN.O=S(=O)(O)O. The minimum Gasteiger partial charge on any atom is -0.274 e. The molecule has 10 heteroatoms. The molecule has 6 N–H and O–H groups in total. The van der Waals surface area contributed by atoms with E-state index in [1.807, 2.05) is 6.07 Å². The molecular weight excluding hydrogens is 303 g/mol. The second-order valence-corrected chi connectivity index (χ2v) is 4.39. The Balaban J connectivity index is 0.000000280. The van der Waals surface area contributed by atoms with Crippen LogP contribution in [0.15, 0.2) is 6.07 Å². The Kier molecular flexibility index (Phi) is 5.94. The molecule has 0 aromatic carbocycles. The Morgan fingerprint density at radius 3 is 1.31 bits per heavy atom. The molecular formula is C6H7Cl3N2O4S. The number of halogens is 3. The molecule has 0 radical (unpaired) electrons. The smallest absolute Gasteiger partial charge is 0.274 e. The summed E-state index contributed by atoms with van der Waals surface area (Å²) < 4.78 is 31.6. The Morgan fingerprint density at radius 2 is 1.19 bits per heavy atom. The second-order valence-electron chi connectivity index (χ2n) is 2.36. The molecule has 16 heavy (non-hydrogen) atoms. The maximum atomic E-state index is 8.74. The van der Waals surface area contributed by atoms with Crippen molar-refractivity contribution in [1.82, 2.24) is 0 Å². The van der Waals surface area contributed by atoms with Crippen molar-refractivity contribution >= 4 is 45.2 Å². The van der Waals surface area contributed by atoms with E-state index < -0.39 is 10.4 Å². The van der Waals surface area contributed by atoms with Crippen molar-refractivity contribution < 1.29 is 17.5 Å². The monoisotopic (exact) mass is 308 g/mol. The maximum absolute atomic E-state index is 8.74. The number of benzene rings is 1. The first-order valence-electron chi connectivity index (χ1n) is 3.43. The fourth-order valence-corrected chi connectivity index (χ4v) is 1.56. The molecule has 2 aliphatic rings. The third-order valence-corrected chi connectivity index (χ3v) is 2.71. The average Bonchev–Trinajstić information content (AvgIpc) is 2.90. The highest BCUT2D eigenvalue weighted by Crippen LogP contribution is 2.53. The summed E-state index contributed by atoms with van der Waals surface area (Å²) in [6.07, 6.45) is 0. The van der Waals surface area contributed by atoms with Gasteiger partial charge in [-0.25, -0.2) is 0 Å². The highest BCUT2D eigenvalue weighted by molar-refractivity contribution is 7.79. The molecule has 0 fully saturated rings. The van der Waals surface area contributed by atoms with Gasteiger partial charge in [0.15, 0.2) is 0 Å². The minimum absolute atomic E-state index is 0.492. The summed E-state index contributed by atoms with van der Waals surface area (Å²) in [5, 5.41) is 1.68. The molecule has 92 valence electrons. The van der Waals surface area contributed by atoms with E-state index in [1.165, 1.54) is 0 Å². The summed E-state index contributed by atoms with van der Waals surface area (Å²) in [6.45, 7) is 0. The summed E-state index contributed by atoms with van der Waals surface area (Å²) in [5.41, 5.74) is 2.01. The first kappa shape index (κ1) is 15.9. The van der Waals surface area contributed by atoms with E-state index in [0.29, 0.717) is 15.1 Å². The highest BCUT2D eigenvalue weighted by Gasteiger charge is 2.26. The molecule has 0 aromatic heterocycles. The lowest BCUT2D eigenvalue weighted by Crippen LogP contribution is -2.02. The molecule has 6 nitrogen and oxygen atoms in total. The summed E-state index contributed by atoms with van der Waals surface area (Å²) in [6, 6.07) is 1.91. The molecule has 0 saturated carbocycles. The van der Waals surface area contributed by atoms with Crippen LogP contribution in [0.25, 0.3) is 11.1 Å². The van der Waals surface area contributed by atoms with Crippen LogP contribution >= 0.6 is 34.8 Å². The van der Waals surface area contributed by atoms with Crippen LogP contribution in [0.5, 0.6) is 0 Å². The summed E-state index contributed by atoms with van der Waals surface area (Å²) >= 11 is 17.1. The predicted molar refractivity (Wildman–Crippen MR) is 63.0 cm³/mol. The first-order valence-corrected chi connectivity index (χ1v) is 5.96. The predicted octanol–water partition coefficient (Wildman–Crippen LogP) is 1.79. The Bertz CT molecular complexity index is 457. The standard InChI is InChI=1S/C6HCl3.H4N2.H2O4S/c7-4-2-1-3(2)5(8)6(4)9;1-2;1-5(2,3)4/h1H;1-2H2;(H2,1,2,3,4). The van der Waals surface area contributed by atoms with Crippen molar-refractivity contribution in [2.45, 2.75) is 0 Å². The summed E-state index contributed by atoms with van der Waals surface area (Å²) in [5.74, 6) is 8.00. The van der Waals surface area contributed by atoms with Gasteiger partial charge < -0.3 is 0 Å². The first-order chi connectivity index (χ1) is 7.22. The molecule has 0 unspecified atom stereocenters. The number of hydrazine groups is 1. The Hall–Kier alpha value is -0.120. The van der Waals surface area contributed by atoms with Gasteiger partial charge in [0, 0.05) is 11.1 Å². The van der Waals surface area contributed by atoms with Crippen molar-refractivity contribution in [1.29, 1.82) is 0 Å². The van der Waals surface area contributed by atoms with Crippen LogP contribution in [0.1, 0.15) is 0 Å². The van der Waals surface area contributed by atoms with Gasteiger partial charge in [-0.3, -0.25) is 20.8 Å². The topological polar surface area (TPSA) is 127 Å². The highest BCUT2D eigenvalue weighted by atomic mass is 35.5. The zero-order chi connectivity index (χ0) is 13.1. The van der Waals surface area contributed by atoms with Gasteiger partial charge in [-0.1, -0.05) is 34.8 Å². The molecule has 0 heterocycles. The zero-order valence-electron chi connectivity index (χ0n) is 7.49. The second kappa shape index (κ2) is 5.99. The van der Waals surface area contributed by atoms with Crippen molar-refractivity contribution in [2.24, 2.45) is 11.7 Å². The van der Waals surface area contributed by atoms with Gasteiger partial charge in [0.25, 0.3) is 0 Å². The van der Waals surface area contributed by atoms with E-state index in [4.69, 9.17) is 52.3 Å². The van der Waals surface area contributed by atoms with Gasteiger partial charge in [0.05, 0.1) is 15.1 Å². The van der Waals surface area contributed by atoms with Gasteiger partial charge in [-0.05, 0) is 6.07 Å². The lowest BCUT2D eigenvalue weighted by Gasteiger charge is -1.82. The number of nitrogens with two attached hydrogens (primary N) is 2. The number of rotatable bonds is 0. The van der Waals surface area contributed by atoms with E-state index in [-0.39, 0.29) is 0 Å². The summed E-state index contributed by atoms with van der Waals surface area (Å²) in [7, 11) is -4.67. The van der Waals surface area contributed by atoms with Gasteiger partial charge >= 0.3 is 10.4 Å². The summed E-state index contributed by atoms with van der Waals surface area (Å²) in [4.78, 5) is 0. The van der Waals surface area contributed by atoms with Crippen molar-refractivity contribution in [2.75, 3.05) is 0 Å². The Morgan fingerprint density at radius 1 is 0.938 bits per heavy atom. The van der Waals surface area contributed by atoms with Gasteiger partial charge in [0.1, 0.15) is 0 Å². The lowest BCUT2D eigenvalue weighted by atomic mass is 10.5. The molecule has 0 aromatic rings. The van der Waals surface area contributed by atoms with Crippen molar-refractivity contribution in [3.05, 3.63) is 21.1 Å². The minimum atomic E-state index is -4.67. The molecule has 0 spiro atoms. The number of hydrogen-bond donors (Lipinski definition) is 4. The maximum Gasteiger partial charge on any atom is 0.394 e. The fraction of sp³-hybridized carbons (Fsp3) is 0. The van der Waals surface area contributed by atoms with Crippen molar-refractivity contribution in [3.8, 4) is 11.1 Å². The van der Waals surface area contributed by atoms with E-state index in [0.717, 1.165) is 11.1 Å². The van der Waals surface area contributed by atoms with Crippen LogP contribution in [0.3, 0.4) is 0 Å². The largest absolute Gasteiger partial charge is 0.394 e. The van der Waals surface area contributed by atoms with Crippen LogP contribution < -0.4 is 11.7 Å². The van der Waals surface area contributed by atoms with E-state index in [1.54, 1.807) is 0 Å². The van der Waals surface area contributed by atoms with Crippen LogP contribution in [0, 0.1) is 0 Å². The Labute approximate surface area is 107 Å². The molecule has 0 atom stereocenters. The third-order valence-electron chi connectivity index (χ3n) is 1.35. The van der Waals surface area contributed by atoms with Gasteiger partial charge in [-0.2, -0.15) is 8.42 Å². The van der Waals surface area contributed by atoms with E-state index in [9.17, 15) is 0 Å². The van der Waals surface area contributed by atoms with Crippen LogP contribution in [-0.4, -0.2) is 17.5 Å². The molecule has 0 saturated heterocycles. The average molecular weight is 310 g/mol. The zero-order valence-corrected chi connectivity index (χ0v) is 10.6. The van der Waals surface area contributed by atoms with E-state index >= 15 is 0 Å². The number of fused-ring (bicyclic) bond motifs is 1. The number of hydrogen-bond acceptors (Lipinski definition) is 4. The third kappa shape index (κ3) is 4.81. The molecule has 2 aliphatic carbocycles. The van der Waals surface area contributed by atoms with E-state index in [2.05, 4.69) is 11.7 Å². The van der Waals surface area contributed by atoms with Crippen LogP contribution in [0.4, 0.5) is 0 Å². The van der Waals surface area contributed by atoms with Gasteiger partial charge in [0.2, 0.25) is 0 Å². The van der Waals surface area contributed by atoms with Crippen LogP contribution in [-0.2, 0) is 10.4 Å².